The van der Waals surface area contributed by atoms with Crippen molar-refractivity contribution in [2.24, 2.45) is 0 Å². The standard InChI is InChI=1S/C25H23BrO3S/c1-2-18-8-6-7-11-21(18)22(19-9-4-3-5-10-19)14-15-30-20-12-13-24(23(26)16-20)29-17-25(27)28/h3-14,16H,2,15,17H2,1H3,(H,27,28). The number of hydrogen-bond donors (Lipinski definition) is 1. The molecule has 1 N–H and O–H groups in total. The van der Waals surface area contributed by atoms with Crippen LogP contribution in [0.15, 0.2) is 88.2 Å². The Labute approximate surface area is 189 Å². The zero-order valence-electron chi connectivity index (χ0n) is 16.7. The Morgan fingerprint density at radius 1 is 1.07 bits per heavy atom. The van der Waals surface area contributed by atoms with Crippen LogP contribution >= 0.6 is 27.7 Å². The fraction of sp³-hybridized carbons (Fsp3) is 0.160. The van der Waals surface area contributed by atoms with Gasteiger partial charge in [0.05, 0.1) is 4.47 Å². The maximum atomic E-state index is 10.7. The fourth-order valence-corrected chi connectivity index (χ4v) is 4.59. The Bertz CT molecular complexity index is 1030. The normalized spacial score (nSPS) is 11.3. The number of thioether (sulfide) groups is 1. The van der Waals surface area contributed by atoms with E-state index >= 15 is 0 Å². The lowest BCUT2D eigenvalue weighted by atomic mass is 9.93. The van der Waals surface area contributed by atoms with Gasteiger partial charge in [0.1, 0.15) is 5.75 Å². The van der Waals surface area contributed by atoms with Gasteiger partial charge in [-0.2, -0.15) is 0 Å². The maximum absolute atomic E-state index is 10.7. The van der Waals surface area contributed by atoms with Gasteiger partial charge < -0.3 is 9.84 Å². The second-order valence-corrected chi connectivity index (χ2v) is 8.53. The van der Waals surface area contributed by atoms with Gasteiger partial charge in [-0.25, -0.2) is 4.79 Å². The molecular weight excluding hydrogens is 460 g/mol. The highest BCUT2D eigenvalue weighted by Crippen LogP contribution is 2.32. The average Bonchev–Trinajstić information content (AvgIpc) is 2.76. The Morgan fingerprint density at radius 3 is 2.50 bits per heavy atom. The van der Waals surface area contributed by atoms with E-state index in [9.17, 15) is 4.79 Å². The molecule has 5 heteroatoms. The monoisotopic (exact) mass is 482 g/mol. The number of rotatable bonds is 9. The van der Waals surface area contributed by atoms with Gasteiger partial charge in [-0.05, 0) is 62.8 Å². The van der Waals surface area contributed by atoms with E-state index in [1.807, 2.05) is 18.2 Å². The molecule has 0 aliphatic rings. The third-order valence-electron chi connectivity index (χ3n) is 4.57. The molecule has 0 aliphatic heterocycles. The summed E-state index contributed by atoms with van der Waals surface area (Å²) < 4.78 is 6.02. The summed E-state index contributed by atoms with van der Waals surface area (Å²) in [6, 6.07) is 24.7. The number of ether oxygens (including phenoxy) is 1. The molecule has 3 rings (SSSR count). The number of aliphatic carboxylic acids is 1. The molecule has 0 bridgehead atoms. The van der Waals surface area contributed by atoms with E-state index in [4.69, 9.17) is 9.84 Å². The van der Waals surface area contributed by atoms with Crippen LogP contribution in [-0.4, -0.2) is 23.4 Å². The van der Waals surface area contributed by atoms with Crippen LogP contribution in [0.5, 0.6) is 5.75 Å². The smallest absolute Gasteiger partial charge is 0.341 e. The van der Waals surface area contributed by atoms with Crippen molar-refractivity contribution in [2.45, 2.75) is 18.2 Å². The van der Waals surface area contributed by atoms with E-state index in [1.54, 1.807) is 17.8 Å². The zero-order valence-corrected chi connectivity index (χ0v) is 19.1. The van der Waals surface area contributed by atoms with Crippen molar-refractivity contribution >= 4 is 39.2 Å². The average molecular weight is 483 g/mol. The predicted octanol–water partition coefficient (Wildman–Crippen LogP) is 6.70. The summed E-state index contributed by atoms with van der Waals surface area (Å²) in [4.78, 5) is 11.8. The molecule has 3 aromatic rings. The number of benzene rings is 3. The highest BCUT2D eigenvalue weighted by molar-refractivity contribution is 9.10. The van der Waals surface area contributed by atoms with Crippen LogP contribution in [0, 0.1) is 0 Å². The zero-order chi connectivity index (χ0) is 21.3. The van der Waals surface area contributed by atoms with Crippen LogP contribution in [0.1, 0.15) is 23.6 Å². The van der Waals surface area contributed by atoms with Crippen LogP contribution in [0.3, 0.4) is 0 Å². The van der Waals surface area contributed by atoms with Crippen molar-refractivity contribution in [3.05, 3.63) is 100 Å². The van der Waals surface area contributed by atoms with Gasteiger partial charge in [0.25, 0.3) is 0 Å². The van der Waals surface area contributed by atoms with Crippen molar-refractivity contribution in [1.29, 1.82) is 0 Å². The van der Waals surface area contributed by atoms with E-state index in [0.717, 1.165) is 21.5 Å². The Hall–Kier alpha value is -2.50. The first-order chi connectivity index (χ1) is 14.6. The lowest BCUT2D eigenvalue weighted by Gasteiger charge is -2.13. The molecule has 0 unspecified atom stereocenters. The number of carbonyl (C=O) groups is 1. The molecule has 30 heavy (non-hydrogen) atoms. The number of carboxylic acids is 1. The minimum Gasteiger partial charge on any atom is -0.481 e. The lowest BCUT2D eigenvalue weighted by molar-refractivity contribution is -0.139. The van der Waals surface area contributed by atoms with Gasteiger partial charge in [0.2, 0.25) is 0 Å². The molecule has 0 radical (unpaired) electrons. The summed E-state index contributed by atoms with van der Waals surface area (Å²) in [5.74, 6) is 0.342. The van der Waals surface area contributed by atoms with Gasteiger partial charge in [-0.3, -0.25) is 0 Å². The minimum atomic E-state index is -0.994. The first-order valence-electron chi connectivity index (χ1n) is 9.69. The van der Waals surface area contributed by atoms with Gasteiger partial charge in [-0.15, -0.1) is 11.8 Å². The van der Waals surface area contributed by atoms with Crippen molar-refractivity contribution < 1.29 is 14.6 Å². The first-order valence-corrected chi connectivity index (χ1v) is 11.5. The molecule has 0 amide bonds. The van der Waals surface area contributed by atoms with Gasteiger partial charge >= 0.3 is 5.97 Å². The van der Waals surface area contributed by atoms with Crippen molar-refractivity contribution in [3.8, 4) is 5.75 Å². The van der Waals surface area contributed by atoms with Gasteiger partial charge in [0.15, 0.2) is 6.61 Å². The fourth-order valence-electron chi connectivity index (χ4n) is 3.14. The molecule has 0 atom stereocenters. The maximum Gasteiger partial charge on any atom is 0.341 e. The summed E-state index contributed by atoms with van der Waals surface area (Å²) in [5, 5.41) is 8.76. The molecule has 0 saturated heterocycles. The highest BCUT2D eigenvalue weighted by atomic mass is 79.9. The van der Waals surface area contributed by atoms with Crippen molar-refractivity contribution in [3.63, 3.8) is 0 Å². The second kappa shape index (κ2) is 11.0. The largest absolute Gasteiger partial charge is 0.481 e. The first kappa shape index (κ1) is 22.2. The lowest BCUT2D eigenvalue weighted by Crippen LogP contribution is -2.09. The van der Waals surface area contributed by atoms with Crippen LogP contribution < -0.4 is 4.74 Å². The molecular formula is C25H23BrO3S. The van der Waals surface area contributed by atoms with Gasteiger partial charge in [0, 0.05) is 10.6 Å². The Kier molecular flexibility index (Phi) is 8.17. The summed E-state index contributed by atoms with van der Waals surface area (Å²) in [5.41, 5.74) is 5.05. The number of halogens is 1. The van der Waals surface area contributed by atoms with Crippen LogP contribution in [0.2, 0.25) is 0 Å². The van der Waals surface area contributed by atoms with E-state index < -0.39 is 5.97 Å². The van der Waals surface area contributed by atoms with Crippen LogP contribution in [-0.2, 0) is 11.2 Å². The van der Waals surface area contributed by atoms with E-state index in [-0.39, 0.29) is 6.61 Å². The number of hydrogen-bond acceptors (Lipinski definition) is 3. The van der Waals surface area contributed by atoms with Crippen LogP contribution in [0.4, 0.5) is 0 Å². The van der Waals surface area contributed by atoms with Crippen molar-refractivity contribution in [2.75, 3.05) is 12.4 Å². The summed E-state index contributed by atoms with van der Waals surface area (Å²) >= 11 is 5.18. The molecule has 154 valence electrons. The Morgan fingerprint density at radius 2 is 1.80 bits per heavy atom. The van der Waals surface area contributed by atoms with Crippen LogP contribution in [0.25, 0.3) is 5.57 Å². The topological polar surface area (TPSA) is 46.5 Å². The molecule has 3 nitrogen and oxygen atoms in total. The minimum absolute atomic E-state index is 0.356. The summed E-state index contributed by atoms with van der Waals surface area (Å²) in [6.07, 6.45) is 3.26. The Balaban J connectivity index is 1.80. The summed E-state index contributed by atoms with van der Waals surface area (Å²) in [6.45, 7) is 1.83. The second-order valence-electron chi connectivity index (χ2n) is 6.58. The molecule has 0 saturated carbocycles. The third-order valence-corrected chi connectivity index (χ3v) is 6.11. The van der Waals surface area contributed by atoms with Gasteiger partial charge in [-0.1, -0.05) is 67.6 Å². The highest BCUT2D eigenvalue weighted by Gasteiger charge is 2.09. The molecule has 0 fully saturated rings. The molecule has 0 heterocycles. The quantitative estimate of drug-likeness (QED) is 0.344. The SMILES string of the molecule is CCc1ccccc1C(=CCSc1ccc(OCC(=O)O)c(Br)c1)c1ccccc1. The van der Waals surface area contributed by atoms with E-state index in [1.165, 1.54) is 22.3 Å². The van der Waals surface area contributed by atoms with Crippen molar-refractivity contribution in [1.82, 2.24) is 0 Å². The third kappa shape index (κ3) is 6.00. The molecule has 0 spiro atoms. The summed E-state index contributed by atoms with van der Waals surface area (Å²) in [7, 11) is 0. The molecule has 0 aromatic heterocycles. The molecule has 3 aromatic carbocycles. The van der Waals surface area contributed by atoms with E-state index in [2.05, 4.69) is 77.5 Å². The number of carboxylic acid groups (broad SMARTS) is 1. The number of aryl methyl sites for hydroxylation is 1. The molecule has 0 aliphatic carbocycles. The predicted molar refractivity (Wildman–Crippen MR) is 127 cm³/mol. The van der Waals surface area contributed by atoms with E-state index in [0.29, 0.717) is 5.75 Å².